The highest BCUT2D eigenvalue weighted by atomic mass is 14.5. The molecular formula is C18H17N. The third-order valence-corrected chi connectivity index (χ3v) is 2.93. The Morgan fingerprint density at radius 3 is 1.95 bits per heavy atom. The van der Waals surface area contributed by atoms with E-state index < -0.39 is 0 Å². The summed E-state index contributed by atoms with van der Waals surface area (Å²) in [6.45, 7) is 7.67. The summed E-state index contributed by atoms with van der Waals surface area (Å²) in [5, 5.41) is 0. The van der Waals surface area contributed by atoms with Crippen molar-refractivity contribution in [3.63, 3.8) is 0 Å². The molecule has 2 rings (SSSR count). The molecule has 0 unspecified atom stereocenters. The summed E-state index contributed by atoms with van der Waals surface area (Å²) >= 11 is 0. The standard InChI is InChI=1S/C18H17N/c1-3-4-5-14(2)15-6-8-16(9-7-15)17-10-12-18(19)13-11-17/h3-13H,1-2,19H2/b5-4-. The zero-order valence-corrected chi connectivity index (χ0v) is 10.8. The maximum Gasteiger partial charge on any atom is 0.0314 e. The minimum absolute atomic E-state index is 0.781. The van der Waals surface area contributed by atoms with E-state index in [1.165, 1.54) is 5.56 Å². The first-order valence-corrected chi connectivity index (χ1v) is 6.15. The number of anilines is 1. The van der Waals surface area contributed by atoms with Crippen molar-refractivity contribution in [2.75, 3.05) is 5.73 Å². The Balaban J connectivity index is 2.23. The fourth-order valence-electron chi connectivity index (χ4n) is 1.83. The van der Waals surface area contributed by atoms with Crippen LogP contribution in [0.15, 0.2) is 79.9 Å². The smallest absolute Gasteiger partial charge is 0.0314 e. The second kappa shape index (κ2) is 5.87. The molecule has 0 spiro atoms. The van der Waals surface area contributed by atoms with Crippen molar-refractivity contribution in [1.82, 2.24) is 0 Å². The van der Waals surface area contributed by atoms with Crippen LogP contribution in [0.4, 0.5) is 5.69 Å². The molecule has 0 bridgehead atoms. The number of benzene rings is 2. The number of rotatable bonds is 4. The summed E-state index contributed by atoms with van der Waals surface area (Å²) < 4.78 is 0. The van der Waals surface area contributed by atoms with Gasteiger partial charge in [-0.25, -0.2) is 0 Å². The molecule has 0 aliphatic rings. The summed E-state index contributed by atoms with van der Waals surface area (Å²) in [4.78, 5) is 0. The van der Waals surface area contributed by atoms with Gasteiger partial charge in [0, 0.05) is 5.69 Å². The largest absolute Gasteiger partial charge is 0.399 e. The van der Waals surface area contributed by atoms with Gasteiger partial charge >= 0.3 is 0 Å². The predicted octanol–water partition coefficient (Wildman–Crippen LogP) is 4.69. The highest BCUT2D eigenvalue weighted by Gasteiger charge is 1.99. The SMILES string of the molecule is C=C/C=C\C(=C)c1ccc(-c2ccc(N)cc2)cc1. The maximum atomic E-state index is 5.69. The van der Waals surface area contributed by atoms with E-state index in [0.717, 1.165) is 22.4 Å². The number of nitrogen functional groups attached to an aromatic ring is 1. The van der Waals surface area contributed by atoms with Crippen molar-refractivity contribution in [1.29, 1.82) is 0 Å². The Labute approximate surface area is 114 Å². The molecule has 0 radical (unpaired) electrons. The first kappa shape index (κ1) is 12.9. The van der Waals surface area contributed by atoms with Gasteiger partial charge in [0.2, 0.25) is 0 Å². The second-order valence-corrected chi connectivity index (χ2v) is 4.32. The van der Waals surface area contributed by atoms with Crippen molar-refractivity contribution in [3.05, 3.63) is 85.5 Å². The van der Waals surface area contributed by atoms with Gasteiger partial charge in [-0.05, 0) is 34.4 Å². The molecule has 0 amide bonds. The lowest BCUT2D eigenvalue weighted by molar-refractivity contribution is 1.58. The summed E-state index contributed by atoms with van der Waals surface area (Å²) in [7, 11) is 0. The number of nitrogens with two attached hydrogens (primary N) is 1. The van der Waals surface area contributed by atoms with E-state index in [9.17, 15) is 0 Å². The fraction of sp³-hybridized carbons (Fsp3) is 0. The summed E-state index contributed by atoms with van der Waals surface area (Å²) in [5.74, 6) is 0. The first-order chi connectivity index (χ1) is 9.20. The summed E-state index contributed by atoms with van der Waals surface area (Å²) in [5.41, 5.74) is 10.9. The average Bonchev–Trinajstić information content (AvgIpc) is 2.46. The highest BCUT2D eigenvalue weighted by molar-refractivity contribution is 5.75. The van der Waals surface area contributed by atoms with Crippen LogP contribution in [0.2, 0.25) is 0 Å². The third-order valence-electron chi connectivity index (χ3n) is 2.93. The maximum absolute atomic E-state index is 5.69. The van der Waals surface area contributed by atoms with Gasteiger partial charge in [0.1, 0.15) is 0 Å². The van der Waals surface area contributed by atoms with E-state index in [1.807, 2.05) is 36.4 Å². The molecule has 94 valence electrons. The molecule has 0 aliphatic carbocycles. The van der Waals surface area contributed by atoms with Crippen LogP contribution in [0.3, 0.4) is 0 Å². The van der Waals surface area contributed by atoms with Gasteiger partial charge in [-0.1, -0.05) is 67.8 Å². The lowest BCUT2D eigenvalue weighted by Gasteiger charge is -2.05. The lowest BCUT2D eigenvalue weighted by Crippen LogP contribution is -1.84. The van der Waals surface area contributed by atoms with Gasteiger partial charge in [-0.15, -0.1) is 0 Å². The Bertz CT molecular complexity index is 601. The molecule has 0 aliphatic heterocycles. The van der Waals surface area contributed by atoms with Crippen LogP contribution in [-0.2, 0) is 0 Å². The second-order valence-electron chi connectivity index (χ2n) is 4.32. The highest BCUT2D eigenvalue weighted by Crippen LogP contribution is 2.23. The molecule has 0 atom stereocenters. The summed E-state index contributed by atoms with van der Waals surface area (Å²) in [6, 6.07) is 16.2. The molecule has 19 heavy (non-hydrogen) atoms. The van der Waals surface area contributed by atoms with Crippen LogP contribution in [0.1, 0.15) is 5.56 Å². The number of allylic oxidation sites excluding steroid dienone is 4. The normalized spacial score (nSPS) is 10.5. The zero-order valence-electron chi connectivity index (χ0n) is 10.8. The van der Waals surface area contributed by atoms with Crippen LogP contribution >= 0.6 is 0 Å². The van der Waals surface area contributed by atoms with Crippen LogP contribution in [-0.4, -0.2) is 0 Å². The van der Waals surface area contributed by atoms with Gasteiger partial charge in [-0.3, -0.25) is 0 Å². The van der Waals surface area contributed by atoms with Crippen LogP contribution in [0.5, 0.6) is 0 Å². The molecule has 0 fully saturated rings. The van der Waals surface area contributed by atoms with Gasteiger partial charge in [0.05, 0.1) is 0 Å². The van der Waals surface area contributed by atoms with Gasteiger partial charge in [0.15, 0.2) is 0 Å². The van der Waals surface area contributed by atoms with Crippen LogP contribution < -0.4 is 5.73 Å². The topological polar surface area (TPSA) is 26.0 Å². The summed E-state index contributed by atoms with van der Waals surface area (Å²) in [6.07, 6.45) is 5.58. The van der Waals surface area contributed by atoms with E-state index in [4.69, 9.17) is 5.73 Å². The van der Waals surface area contributed by atoms with Crippen molar-refractivity contribution in [3.8, 4) is 11.1 Å². The molecule has 0 aromatic heterocycles. The van der Waals surface area contributed by atoms with E-state index in [0.29, 0.717) is 0 Å². The molecule has 1 heteroatoms. The van der Waals surface area contributed by atoms with Crippen molar-refractivity contribution in [2.24, 2.45) is 0 Å². The molecule has 0 saturated carbocycles. The minimum atomic E-state index is 0.781. The molecule has 0 saturated heterocycles. The Hall–Kier alpha value is -2.54. The third kappa shape index (κ3) is 3.23. The van der Waals surface area contributed by atoms with E-state index in [1.54, 1.807) is 6.08 Å². The molecule has 2 N–H and O–H groups in total. The quantitative estimate of drug-likeness (QED) is 0.615. The average molecular weight is 247 g/mol. The number of hydrogen-bond donors (Lipinski definition) is 1. The fourth-order valence-corrected chi connectivity index (χ4v) is 1.83. The van der Waals surface area contributed by atoms with E-state index >= 15 is 0 Å². The van der Waals surface area contributed by atoms with Gasteiger partial charge in [-0.2, -0.15) is 0 Å². The minimum Gasteiger partial charge on any atom is -0.399 e. The van der Waals surface area contributed by atoms with Gasteiger partial charge < -0.3 is 5.73 Å². The Kier molecular flexibility index (Phi) is 3.99. The van der Waals surface area contributed by atoms with Crippen molar-refractivity contribution < 1.29 is 0 Å². The zero-order chi connectivity index (χ0) is 13.7. The monoisotopic (exact) mass is 247 g/mol. The van der Waals surface area contributed by atoms with E-state index in [2.05, 4.69) is 37.4 Å². The van der Waals surface area contributed by atoms with Crippen LogP contribution in [0, 0.1) is 0 Å². The molecule has 0 heterocycles. The van der Waals surface area contributed by atoms with Crippen molar-refractivity contribution in [2.45, 2.75) is 0 Å². The molecule has 2 aromatic rings. The lowest BCUT2D eigenvalue weighted by atomic mass is 10.0. The van der Waals surface area contributed by atoms with E-state index in [-0.39, 0.29) is 0 Å². The van der Waals surface area contributed by atoms with Crippen molar-refractivity contribution >= 4 is 11.3 Å². The van der Waals surface area contributed by atoms with Crippen LogP contribution in [0.25, 0.3) is 16.7 Å². The molecule has 2 aromatic carbocycles. The molecule has 1 nitrogen and oxygen atoms in total. The Morgan fingerprint density at radius 1 is 0.895 bits per heavy atom. The number of hydrogen-bond acceptors (Lipinski definition) is 1. The molecular weight excluding hydrogens is 230 g/mol. The first-order valence-electron chi connectivity index (χ1n) is 6.15. The Morgan fingerprint density at radius 2 is 1.42 bits per heavy atom. The predicted molar refractivity (Wildman–Crippen MR) is 84.7 cm³/mol. The van der Waals surface area contributed by atoms with Gasteiger partial charge in [0.25, 0.3) is 0 Å².